The highest BCUT2D eigenvalue weighted by Crippen LogP contribution is 2.31. The van der Waals surface area contributed by atoms with E-state index in [0.29, 0.717) is 6.04 Å². The molecule has 3 heteroatoms. The zero-order chi connectivity index (χ0) is 13.8. The van der Waals surface area contributed by atoms with E-state index < -0.39 is 0 Å². The van der Waals surface area contributed by atoms with Crippen molar-refractivity contribution in [2.24, 2.45) is 5.92 Å². The monoisotopic (exact) mass is 261 g/mol. The summed E-state index contributed by atoms with van der Waals surface area (Å²) >= 11 is 0. The van der Waals surface area contributed by atoms with Crippen LogP contribution in [0.2, 0.25) is 0 Å². The van der Waals surface area contributed by atoms with Gasteiger partial charge in [0, 0.05) is 42.3 Å². The summed E-state index contributed by atoms with van der Waals surface area (Å²) in [6, 6.07) is 2.87. The van der Waals surface area contributed by atoms with Gasteiger partial charge >= 0.3 is 0 Å². The molecule has 1 fully saturated rings. The molecule has 2 unspecified atom stereocenters. The van der Waals surface area contributed by atoms with Crippen molar-refractivity contribution < 1.29 is 0 Å². The summed E-state index contributed by atoms with van der Waals surface area (Å²) < 4.78 is 0. The Kier molecular flexibility index (Phi) is 4.81. The number of hydrogen-bond acceptors (Lipinski definition) is 3. The molecular formula is C16H27N3. The number of hydrogen-bond donors (Lipinski definition) is 1. The molecule has 19 heavy (non-hydrogen) atoms. The zero-order valence-corrected chi connectivity index (χ0v) is 12.7. The summed E-state index contributed by atoms with van der Waals surface area (Å²) in [5, 5.41) is 3.42. The third-order valence-corrected chi connectivity index (χ3v) is 4.35. The molecule has 0 radical (unpaired) electrons. The van der Waals surface area contributed by atoms with Crippen LogP contribution in [0.5, 0.6) is 0 Å². The van der Waals surface area contributed by atoms with Crippen LogP contribution in [0.25, 0.3) is 0 Å². The molecule has 2 atom stereocenters. The van der Waals surface area contributed by atoms with Crippen LogP contribution in [0.4, 0.5) is 5.69 Å². The average molecular weight is 261 g/mol. The van der Waals surface area contributed by atoms with Gasteiger partial charge < -0.3 is 10.2 Å². The third-order valence-electron chi connectivity index (χ3n) is 4.35. The van der Waals surface area contributed by atoms with Crippen LogP contribution in [-0.2, 0) is 6.54 Å². The molecule has 0 saturated carbocycles. The maximum absolute atomic E-state index is 4.46. The molecular weight excluding hydrogens is 234 g/mol. The second-order valence-corrected chi connectivity index (χ2v) is 5.79. The number of rotatable bonds is 4. The van der Waals surface area contributed by atoms with Crippen LogP contribution < -0.4 is 10.2 Å². The fraction of sp³-hybridized carbons (Fsp3) is 0.688. The van der Waals surface area contributed by atoms with Crippen LogP contribution in [0.1, 0.15) is 44.9 Å². The van der Waals surface area contributed by atoms with Crippen molar-refractivity contribution in [2.45, 2.75) is 53.1 Å². The first kappa shape index (κ1) is 14.3. The number of piperidine rings is 1. The van der Waals surface area contributed by atoms with Crippen molar-refractivity contribution in [3.05, 3.63) is 23.5 Å². The van der Waals surface area contributed by atoms with Crippen molar-refractivity contribution in [3.63, 3.8) is 0 Å². The number of nitrogens with one attached hydrogen (secondary N) is 1. The second-order valence-electron chi connectivity index (χ2n) is 5.79. The van der Waals surface area contributed by atoms with Crippen molar-refractivity contribution in [1.29, 1.82) is 0 Å². The molecule has 0 amide bonds. The Bertz CT molecular complexity index is 416. The van der Waals surface area contributed by atoms with Crippen molar-refractivity contribution >= 4 is 5.69 Å². The zero-order valence-electron chi connectivity index (χ0n) is 12.7. The van der Waals surface area contributed by atoms with Crippen LogP contribution in [0, 0.1) is 12.8 Å². The Hall–Kier alpha value is -1.09. The van der Waals surface area contributed by atoms with E-state index in [2.05, 4.69) is 49.0 Å². The van der Waals surface area contributed by atoms with Gasteiger partial charge in [-0.05, 0) is 45.2 Å². The predicted octanol–water partition coefficient (Wildman–Crippen LogP) is 3.12. The van der Waals surface area contributed by atoms with E-state index in [-0.39, 0.29) is 0 Å². The van der Waals surface area contributed by atoms with Crippen molar-refractivity contribution in [1.82, 2.24) is 10.3 Å². The number of aromatic nitrogens is 1. The van der Waals surface area contributed by atoms with Gasteiger partial charge in [0.05, 0.1) is 0 Å². The normalized spacial score (nSPS) is 23.7. The molecule has 1 aromatic heterocycles. The number of nitrogens with zero attached hydrogens (tertiary/aromatic N) is 2. The molecule has 2 rings (SSSR count). The Morgan fingerprint density at radius 2 is 2.21 bits per heavy atom. The molecule has 1 aromatic rings. The first-order valence-corrected chi connectivity index (χ1v) is 7.56. The largest absolute Gasteiger partial charge is 0.368 e. The van der Waals surface area contributed by atoms with E-state index in [1.807, 2.05) is 6.20 Å². The molecule has 106 valence electrons. The summed E-state index contributed by atoms with van der Waals surface area (Å²) in [4.78, 5) is 7.04. The minimum atomic E-state index is 0.621. The maximum atomic E-state index is 4.46. The van der Waals surface area contributed by atoms with Crippen LogP contribution in [0.15, 0.2) is 12.3 Å². The quantitative estimate of drug-likeness (QED) is 0.902. The highest BCUT2D eigenvalue weighted by atomic mass is 15.2. The van der Waals surface area contributed by atoms with E-state index in [4.69, 9.17) is 0 Å². The Labute approximate surface area is 117 Å². The Morgan fingerprint density at radius 1 is 1.42 bits per heavy atom. The van der Waals surface area contributed by atoms with Gasteiger partial charge in [0.15, 0.2) is 0 Å². The van der Waals surface area contributed by atoms with Gasteiger partial charge in [0.2, 0.25) is 0 Å². The van der Waals surface area contributed by atoms with Crippen molar-refractivity contribution in [2.75, 3.05) is 18.0 Å². The Morgan fingerprint density at radius 3 is 2.95 bits per heavy atom. The first-order chi connectivity index (χ1) is 9.13. The van der Waals surface area contributed by atoms with Gasteiger partial charge in [0.25, 0.3) is 0 Å². The smallest absolute Gasteiger partial charge is 0.0448 e. The van der Waals surface area contributed by atoms with Gasteiger partial charge in [0.1, 0.15) is 0 Å². The highest BCUT2D eigenvalue weighted by molar-refractivity contribution is 5.54. The highest BCUT2D eigenvalue weighted by Gasteiger charge is 2.26. The van der Waals surface area contributed by atoms with Gasteiger partial charge in [-0.2, -0.15) is 0 Å². The van der Waals surface area contributed by atoms with Gasteiger partial charge in [-0.15, -0.1) is 0 Å². The summed E-state index contributed by atoms with van der Waals surface area (Å²) in [5.74, 6) is 0.772. The summed E-state index contributed by atoms with van der Waals surface area (Å²) in [6.07, 6.45) is 4.69. The minimum Gasteiger partial charge on any atom is -0.368 e. The molecule has 1 aliphatic heterocycles. The molecule has 0 bridgehead atoms. The molecule has 0 aromatic carbocycles. The summed E-state index contributed by atoms with van der Waals surface area (Å²) in [5.41, 5.74) is 3.82. The van der Waals surface area contributed by atoms with E-state index in [0.717, 1.165) is 24.7 Å². The summed E-state index contributed by atoms with van der Waals surface area (Å²) in [6.45, 7) is 12.0. The van der Waals surface area contributed by atoms with Crippen LogP contribution in [-0.4, -0.2) is 24.1 Å². The lowest BCUT2D eigenvalue weighted by Crippen LogP contribution is -2.43. The maximum Gasteiger partial charge on any atom is 0.0448 e. The number of anilines is 1. The third kappa shape index (κ3) is 3.27. The molecule has 1 saturated heterocycles. The van der Waals surface area contributed by atoms with E-state index in [1.54, 1.807) is 0 Å². The SMILES string of the molecule is CCNCc1cnc(C)cc1N1CCCC(C)C1C. The van der Waals surface area contributed by atoms with E-state index in [9.17, 15) is 0 Å². The van der Waals surface area contributed by atoms with E-state index in [1.165, 1.54) is 30.6 Å². The van der Waals surface area contributed by atoms with E-state index >= 15 is 0 Å². The second kappa shape index (κ2) is 6.38. The number of aryl methyl sites for hydroxylation is 1. The molecule has 3 nitrogen and oxygen atoms in total. The molecule has 1 aliphatic rings. The fourth-order valence-electron chi connectivity index (χ4n) is 2.91. The molecule has 1 N–H and O–H groups in total. The van der Waals surface area contributed by atoms with Gasteiger partial charge in [-0.3, -0.25) is 4.98 Å². The van der Waals surface area contributed by atoms with Crippen molar-refractivity contribution in [3.8, 4) is 0 Å². The minimum absolute atomic E-state index is 0.621. The standard InChI is InChI=1S/C16H27N3/c1-5-17-10-15-11-18-13(3)9-16(15)19-8-6-7-12(2)14(19)4/h9,11-12,14,17H,5-8,10H2,1-4H3. The van der Waals surface area contributed by atoms with Crippen LogP contribution in [0.3, 0.4) is 0 Å². The van der Waals surface area contributed by atoms with Gasteiger partial charge in [-0.1, -0.05) is 13.8 Å². The number of pyridine rings is 1. The lowest BCUT2D eigenvalue weighted by molar-refractivity contribution is 0.363. The summed E-state index contributed by atoms with van der Waals surface area (Å²) in [7, 11) is 0. The van der Waals surface area contributed by atoms with Gasteiger partial charge in [-0.25, -0.2) is 0 Å². The lowest BCUT2D eigenvalue weighted by Gasteiger charge is -2.40. The average Bonchev–Trinajstić information content (AvgIpc) is 2.40. The molecule has 2 heterocycles. The first-order valence-electron chi connectivity index (χ1n) is 7.56. The lowest BCUT2D eigenvalue weighted by atomic mass is 9.91. The molecule has 0 aliphatic carbocycles. The Balaban J connectivity index is 2.28. The fourth-order valence-corrected chi connectivity index (χ4v) is 2.91. The topological polar surface area (TPSA) is 28.2 Å². The predicted molar refractivity (Wildman–Crippen MR) is 81.6 cm³/mol. The van der Waals surface area contributed by atoms with Crippen LogP contribution >= 0.6 is 0 Å². The molecule has 0 spiro atoms.